The van der Waals surface area contributed by atoms with Crippen molar-refractivity contribution in [2.75, 3.05) is 6.61 Å². The van der Waals surface area contributed by atoms with E-state index in [-0.39, 0.29) is 0 Å². The van der Waals surface area contributed by atoms with Gasteiger partial charge in [-0.3, -0.25) is 0 Å². The van der Waals surface area contributed by atoms with Crippen LogP contribution in [-0.4, -0.2) is 22.2 Å². The standard InChI is InChI=1S/C16H17NO3/c1-11-4-7-17(15(11)16(18)19)8-5-12-2-3-14-13(10-12)6-9-20-14/h2-4,7,10H,5-6,8-9H2,1H3,(H,18,19). The van der Waals surface area contributed by atoms with Crippen molar-refractivity contribution in [2.45, 2.75) is 26.3 Å². The average molecular weight is 271 g/mol. The summed E-state index contributed by atoms with van der Waals surface area (Å²) in [7, 11) is 0. The molecule has 1 aliphatic rings. The maximum absolute atomic E-state index is 11.2. The van der Waals surface area contributed by atoms with Crippen molar-refractivity contribution in [3.8, 4) is 5.75 Å². The molecule has 3 rings (SSSR count). The topological polar surface area (TPSA) is 51.5 Å². The number of aryl methyl sites for hydroxylation is 3. The predicted octanol–water partition coefficient (Wildman–Crippen LogP) is 2.67. The first-order valence-electron chi connectivity index (χ1n) is 6.79. The molecule has 0 radical (unpaired) electrons. The number of rotatable bonds is 4. The number of carboxylic acids is 1. The fourth-order valence-electron chi connectivity index (χ4n) is 2.70. The average Bonchev–Trinajstić information content (AvgIpc) is 3.01. The molecule has 0 saturated carbocycles. The Bertz CT molecular complexity index is 658. The summed E-state index contributed by atoms with van der Waals surface area (Å²) in [4.78, 5) is 11.2. The smallest absolute Gasteiger partial charge is 0.352 e. The molecule has 0 spiro atoms. The Morgan fingerprint density at radius 2 is 2.25 bits per heavy atom. The van der Waals surface area contributed by atoms with Gasteiger partial charge in [-0.15, -0.1) is 0 Å². The highest BCUT2D eigenvalue weighted by atomic mass is 16.5. The fourth-order valence-corrected chi connectivity index (χ4v) is 2.70. The number of hydrogen-bond acceptors (Lipinski definition) is 2. The summed E-state index contributed by atoms with van der Waals surface area (Å²) in [6.45, 7) is 3.26. The summed E-state index contributed by atoms with van der Waals surface area (Å²) in [5.74, 6) is 0.117. The van der Waals surface area contributed by atoms with Crippen molar-refractivity contribution in [2.24, 2.45) is 0 Å². The third kappa shape index (κ3) is 2.29. The lowest BCUT2D eigenvalue weighted by molar-refractivity contribution is 0.0684. The van der Waals surface area contributed by atoms with Gasteiger partial charge in [0.05, 0.1) is 6.61 Å². The van der Waals surface area contributed by atoms with E-state index in [0.29, 0.717) is 12.2 Å². The Morgan fingerprint density at radius 3 is 3.05 bits per heavy atom. The maximum atomic E-state index is 11.2. The van der Waals surface area contributed by atoms with Crippen LogP contribution in [0.4, 0.5) is 0 Å². The molecule has 0 fully saturated rings. The number of fused-ring (bicyclic) bond motifs is 1. The van der Waals surface area contributed by atoms with Crippen LogP contribution in [0.1, 0.15) is 27.2 Å². The molecule has 2 heterocycles. The van der Waals surface area contributed by atoms with Gasteiger partial charge in [-0.2, -0.15) is 0 Å². The molecule has 20 heavy (non-hydrogen) atoms. The van der Waals surface area contributed by atoms with Gasteiger partial charge >= 0.3 is 5.97 Å². The van der Waals surface area contributed by atoms with E-state index in [9.17, 15) is 9.90 Å². The van der Waals surface area contributed by atoms with Gasteiger partial charge in [0.15, 0.2) is 0 Å². The van der Waals surface area contributed by atoms with Crippen molar-refractivity contribution < 1.29 is 14.6 Å². The predicted molar refractivity (Wildman–Crippen MR) is 75.5 cm³/mol. The van der Waals surface area contributed by atoms with Crippen molar-refractivity contribution in [3.63, 3.8) is 0 Å². The number of ether oxygens (including phenoxy) is 1. The first-order valence-corrected chi connectivity index (χ1v) is 6.79. The van der Waals surface area contributed by atoms with Crippen LogP contribution >= 0.6 is 0 Å². The van der Waals surface area contributed by atoms with Crippen LogP contribution in [0.25, 0.3) is 0 Å². The van der Waals surface area contributed by atoms with E-state index in [1.807, 2.05) is 25.3 Å². The highest BCUT2D eigenvalue weighted by molar-refractivity contribution is 5.87. The largest absolute Gasteiger partial charge is 0.493 e. The van der Waals surface area contributed by atoms with Crippen molar-refractivity contribution in [1.29, 1.82) is 0 Å². The van der Waals surface area contributed by atoms with E-state index in [2.05, 4.69) is 12.1 Å². The van der Waals surface area contributed by atoms with Crippen LogP contribution in [0.2, 0.25) is 0 Å². The Balaban J connectivity index is 1.75. The summed E-state index contributed by atoms with van der Waals surface area (Å²) in [5.41, 5.74) is 3.66. The zero-order valence-corrected chi connectivity index (χ0v) is 11.4. The molecule has 4 nitrogen and oxygen atoms in total. The lowest BCUT2D eigenvalue weighted by Crippen LogP contribution is -2.10. The molecule has 4 heteroatoms. The van der Waals surface area contributed by atoms with Gasteiger partial charge < -0.3 is 14.4 Å². The molecule has 1 aromatic heterocycles. The van der Waals surface area contributed by atoms with Gasteiger partial charge in [-0.1, -0.05) is 12.1 Å². The molecule has 0 saturated heterocycles. The summed E-state index contributed by atoms with van der Waals surface area (Å²) >= 11 is 0. The van der Waals surface area contributed by atoms with Crippen molar-refractivity contribution in [3.05, 3.63) is 52.8 Å². The van der Waals surface area contributed by atoms with E-state index in [4.69, 9.17) is 4.74 Å². The Labute approximate surface area is 117 Å². The van der Waals surface area contributed by atoms with Gasteiger partial charge in [0.25, 0.3) is 0 Å². The van der Waals surface area contributed by atoms with E-state index >= 15 is 0 Å². The zero-order chi connectivity index (χ0) is 14.1. The molecule has 0 amide bonds. The monoisotopic (exact) mass is 271 g/mol. The van der Waals surface area contributed by atoms with Crippen LogP contribution in [0.3, 0.4) is 0 Å². The Hall–Kier alpha value is -2.23. The summed E-state index contributed by atoms with van der Waals surface area (Å²) in [6, 6.07) is 8.08. The fraction of sp³-hybridized carbons (Fsp3) is 0.312. The third-order valence-electron chi connectivity index (χ3n) is 3.76. The molecule has 1 N–H and O–H groups in total. The van der Waals surface area contributed by atoms with Crippen LogP contribution < -0.4 is 4.74 Å². The van der Waals surface area contributed by atoms with Gasteiger partial charge in [-0.25, -0.2) is 4.79 Å². The lowest BCUT2D eigenvalue weighted by Gasteiger charge is -2.08. The second kappa shape index (κ2) is 5.04. The van der Waals surface area contributed by atoms with Gasteiger partial charge in [0.2, 0.25) is 0 Å². The molecular weight excluding hydrogens is 254 g/mol. The number of hydrogen-bond donors (Lipinski definition) is 1. The first kappa shape index (κ1) is 12.8. The third-order valence-corrected chi connectivity index (χ3v) is 3.76. The molecule has 0 atom stereocenters. The van der Waals surface area contributed by atoms with E-state index in [0.717, 1.165) is 30.8 Å². The van der Waals surface area contributed by atoms with Crippen LogP contribution in [-0.2, 0) is 19.4 Å². The van der Waals surface area contributed by atoms with Crippen LogP contribution in [0.5, 0.6) is 5.75 Å². The molecule has 0 bridgehead atoms. The van der Waals surface area contributed by atoms with E-state index < -0.39 is 5.97 Å². The van der Waals surface area contributed by atoms with Crippen LogP contribution in [0.15, 0.2) is 30.5 Å². The van der Waals surface area contributed by atoms with Gasteiger partial charge in [0.1, 0.15) is 11.4 Å². The second-order valence-electron chi connectivity index (χ2n) is 5.14. The summed E-state index contributed by atoms with van der Waals surface area (Å²) in [6.07, 6.45) is 3.63. The van der Waals surface area contributed by atoms with Gasteiger partial charge in [-0.05, 0) is 42.2 Å². The number of aromatic nitrogens is 1. The number of benzene rings is 1. The molecule has 2 aromatic rings. The molecular formula is C16H17NO3. The molecule has 1 aliphatic heterocycles. The number of nitrogens with zero attached hydrogens (tertiary/aromatic N) is 1. The maximum Gasteiger partial charge on any atom is 0.352 e. The number of aromatic carboxylic acids is 1. The minimum absolute atomic E-state index is 0.384. The second-order valence-corrected chi connectivity index (χ2v) is 5.14. The molecule has 0 unspecified atom stereocenters. The summed E-state index contributed by atoms with van der Waals surface area (Å²) < 4.78 is 7.29. The first-order chi connectivity index (χ1) is 9.65. The SMILES string of the molecule is Cc1ccn(CCc2ccc3c(c2)CCO3)c1C(=O)O. The highest BCUT2D eigenvalue weighted by Gasteiger charge is 2.14. The summed E-state index contributed by atoms with van der Waals surface area (Å²) in [5, 5.41) is 9.22. The normalized spacial score (nSPS) is 13.1. The van der Waals surface area contributed by atoms with Crippen LogP contribution in [0, 0.1) is 6.92 Å². The minimum atomic E-state index is -0.866. The molecule has 0 aliphatic carbocycles. The zero-order valence-electron chi connectivity index (χ0n) is 11.4. The Morgan fingerprint density at radius 1 is 1.40 bits per heavy atom. The number of carbonyl (C=O) groups is 1. The van der Waals surface area contributed by atoms with E-state index in [1.165, 1.54) is 11.1 Å². The molecule has 1 aromatic carbocycles. The number of carboxylic acid groups (broad SMARTS) is 1. The van der Waals surface area contributed by atoms with Gasteiger partial charge in [0, 0.05) is 19.2 Å². The highest BCUT2D eigenvalue weighted by Crippen LogP contribution is 2.26. The Kier molecular flexibility index (Phi) is 3.22. The molecule has 104 valence electrons. The lowest BCUT2D eigenvalue weighted by atomic mass is 10.1. The van der Waals surface area contributed by atoms with E-state index in [1.54, 1.807) is 4.57 Å². The van der Waals surface area contributed by atoms with Crippen molar-refractivity contribution >= 4 is 5.97 Å². The van der Waals surface area contributed by atoms with Crippen molar-refractivity contribution in [1.82, 2.24) is 4.57 Å². The minimum Gasteiger partial charge on any atom is -0.493 e. The quantitative estimate of drug-likeness (QED) is 0.930.